The Morgan fingerprint density at radius 2 is 2.11 bits per heavy atom. The summed E-state index contributed by atoms with van der Waals surface area (Å²) >= 11 is 3.26. The lowest BCUT2D eigenvalue weighted by molar-refractivity contribution is 0.431. The van der Waals surface area contributed by atoms with Crippen LogP contribution in [0.4, 0.5) is 4.39 Å². The van der Waals surface area contributed by atoms with E-state index in [1.807, 2.05) is 12.1 Å². The van der Waals surface area contributed by atoms with Crippen LogP contribution in [0.1, 0.15) is 32.3 Å². The average molecular weight is 314 g/mol. The molecule has 1 nitrogen and oxygen atoms in total. The van der Waals surface area contributed by atoms with Crippen molar-refractivity contribution in [3.63, 3.8) is 0 Å². The van der Waals surface area contributed by atoms with Crippen LogP contribution < -0.4 is 5.32 Å². The summed E-state index contributed by atoms with van der Waals surface area (Å²) in [5, 5.41) is 3.55. The smallest absolute Gasteiger partial charge is 0.137 e. The molecule has 1 aliphatic carbocycles. The summed E-state index contributed by atoms with van der Waals surface area (Å²) in [6.07, 6.45) is 3.62. The summed E-state index contributed by atoms with van der Waals surface area (Å²) in [6, 6.07) is 5.37. The van der Waals surface area contributed by atoms with Crippen LogP contribution in [0.25, 0.3) is 0 Å². The zero-order chi connectivity index (χ0) is 13.2. The molecule has 18 heavy (non-hydrogen) atoms. The highest BCUT2D eigenvalue weighted by Crippen LogP contribution is 2.48. The predicted molar refractivity (Wildman–Crippen MR) is 77.2 cm³/mol. The summed E-state index contributed by atoms with van der Waals surface area (Å²) < 4.78 is 13.8. The third-order valence-electron chi connectivity index (χ3n) is 3.57. The van der Waals surface area contributed by atoms with Crippen LogP contribution in [0.3, 0.4) is 0 Å². The molecule has 0 heterocycles. The zero-order valence-corrected chi connectivity index (χ0v) is 12.7. The van der Waals surface area contributed by atoms with E-state index in [1.165, 1.54) is 18.4 Å². The maximum absolute atomic E-state index is 13.2. The van der Waals surface area contributed by atoms with Gasteiger partial charge in [0.2, 0.25) is 0 Å². The molecule has 1 aromatic carbocycles. The van der Waals surface area contributed by atoms with E-state index in [0.29, 0.717) is 15.8 Å². The summed E-state index contributed by atoms with van der Waals surface area (Å²) in [4.78, 5) is 0. The van der Waals surface area contributed by atoms with E-state index in [1.54, 1.807) is 6.07 Å². The SMILES string of the molecule is CC(C)CNCC1(Cc2ccc(F)c(Br)c2)CC1. The normalized spacial score (nSPS) is 17.2. The summed E-state index contributed by atoms with van der Waals surface area (Å²) in [5.41, 5.74) is 1.65. The van der Waals surface area contributed by atoms with Gasteiger partial charge < -0.3 is 5.32 Å². The predicted octanol–water partition coefficient (Wildman–Crippen LogP) is 4.16. The third kappa shape index (κ3) is 3.79. The molecule has 0 radical (unpaired) electrons. The molecule has 0 atom stereocenters. The second-order valence-corrected chi connectivity index (χ2v) is 6.80. The van der Waals surface area contributed by atoms with Crippen molar-refractivity contribution in [3.05, 3.63) is 34.1 Å². The molecule has 1 saturated carbocycles. The lowest BCUT2D eigenvalue weighted by atomic mass is 9.96. The molecule has 1 aliphatic rings. The van der Waals surface area contributed by atoms with Gasteiger partial charge in [0.15, 0.2) is 0 Å². The molecule has 0 bridgehead atoms. The van der Waals surface area contributed by atoms with Crippen LogP contribution in [-0.2, 0) is 6.42 Å². The summed E-state index contributed by atoms with van der Waals surface area (Å²) in [6.45, 7) is 6.61. The summed E-state index contributed by atoms with van der Waals surface area (Å²) in [5.74, 6) is 0.516. The van der Waals surface area contributed by atoms with E-state index >= 15 is 0 Å². The van der Waals surface area contributed by atoms with Crippen LogP contribution in [0.5, 0.6) is 0 Å². The van der Waals surface area contributed by atoms with E-state index < -0.39 is 0 Å². The van der Waals surface area contributed by atoms with E-state index in [0.717, 1.165) is 19.5 Å². The molecular weight excluding hydrogens is 293 g/mol. The van der Waals surface area contributed by atoms with Gasteiger partial charge in [0.05, 0.1) is 4.47 Å². The van der Waals surface area contributed by atoms with Gasteiger partial charge in [-0.1, -0.05) is 19.9 Å². The molecule has 0 saturated heterocycles. The van der Waals surface area contributed by atoms with Crippen molar-refractivity contribution in [2.24, 2.45) is 11.3 Å². The fourth-order valence-electron chi connectivity index (χ4n) is 2.30. The quantitative estimate of drug-likeness (QED) is 0.831. The number of hydrogen-bond acceptors (Lipinski definition) is 1. The molecule has 100 valence electrons. The monoisotopic (exact) mass is 313 g/mol. The van der Waals surface area contributed by atoms with Crippen molar-refractivity contribution in [1.29, 1.82) is 0 Å². The van der Waals surface area contributed by atoms with Crippen LogP contribution in [0, 0.1) is 17.2 Å². The minimum atomic E-state index is -0.179. The second kappa shape index (κ2) is 5.70. The van der Waals surface area contributed by atoms with E-state index in [-0.39, 0.29) is 5.82 Å². The van der Waals surface area contributed by atoms with Crippen molar-refractivity contribution in [2.45, 2.75) is 33.1 Å². The Morgan fingerprint density at radius 1 is 1.39 bits per heavy atom. The second-order valence-electron chi connectivity index (χ2n) is 5.95. The lowest BCUT2D eigenvalue weighted by Crippen LogP contribution is -2.28. The highest BCUT2D eigenvalue weighted by Gasteiger charge is 2.41. The maximum atomic E-state index is 13.2. The molecule has 0 unspecified atom stereocenters. The first-order valence-electron chi connectivity index (χ1n) is 6.65. The highest BCUT2D eigenvalue weighted by atomic mass is 79.9. The molecule has 1 fully saturated rings. The van der Waals surface area contributed by atoms with Gasteiger partial charge in [-0.2, -0.15) is 0 Å². The van der Waals surface area contributed by atoms with Gasteiger partial charge in [0.1, 0.15) is 5.82 Å². The molecule has 0 spiro atoms. The molecule has 0 aliphatic heterocycles. The van der Waals surface area contributed by atoms with Crippen molar-refractivity contribution < 1.29 is 4.39 Å². The van der Waals surface area contributed by atoms with Gasteiger partial charge >= 0.3 is 0 Å². The lowest BCUT2D eigenvalue weighted by Gasteiger charge is -2.17. The molecule has 2 rings (SSSR count). The van der Waals surface area contributed by atoms with Gasteiger partial charge in [0.25, 0.3) is 0 Å². The number of rotatable bonds is 6. The Morgan fingerprint density at radius 3 is 2.67 bits per heavy atom. The van der Waals surface area contributed by atoms with E-state index in [4.69, 9.17) is 0 Å². The standard InChI is InChI=1S/C15H21BrFN/c1-11(2)9-18-10-15(5-6-15)8-12-3-4-14(17)13(16)7-12/h3-4,7,11,18H,5-6,8-10H2,1-2H3. The van der Waals surface area contributed by atoms with E-state index in [9.17, 15) is 4.39 Å². The largest absolute Gasteiger partial charge is 0.316 e. The highest BCUT2D eigenvalue weighted by molar-refractivity contribution is 9.10. The van der Waals surface area contributed by atoms with Crippen molar-refractivity contribution in [1.82, 2.24) is 5.32 Å². The Hall–Kier alpha value is -0.410. The molecule has 0 aromatic heterocycles. The van der Waals surface area contributed by atoms with Crippen LogP contribution >= 0.6 is 15.9 Å². The number of hydrogen-bond donors (Lipinski definition) is 1. The van der Waals surface area contributed by atoms with Crippen LogP contribution in [0.15, 0.2) is 22.7 Å². The van der Waals surface area contributed by atoms with Gasteiger partial charge in [-0.15, -0.1) is 0 Å². The molecular formula is C15H21BrFN. The average Bonchev–Trinajstić information content (AvgIpc) is 3.03. The van der Waals surface area contributed by atoms with E-state index in [2.05, 4.69) is 35.1 Å². The first-order valence-corrected chi connectivity index (χ1v) is 7.45. The van der Waals surface area contributed by atoms with Crippen LogP contribution in [0.2, 0.25) is 0 Å². The fraction of sp³-hybridized carbons (Fsp3) is 0.600. The maximum Gasteiger partial charge on any atom is 0.137 e. The van der Waals surface area contributed by atoms with Gasteiger partial charge in [0, 0.05) is 6.54 Å². The Labute approximate surface area is 117 Å². The van der Waals surface area contributed by atoms with Crippen molar-refractivity contribution in [2.75, 3.05) is 13.1 Å². The third-order valence-corrected chi connectivity index (χ3v) is 4.18. The first kappa shape index (κ1) is 14.0. The van der Waals surface area contributed by atoms with Gasteiger partial charge in [-0.05, 0) is 70.8 Å². The topological polar surface area (TPSA) is 12.0 Å². The van der Waals surface area contributed by atoms with Crippen LogP contribution in [-0.4, -0.2) is 13.1 Å². The zero-order valence-electron chi connectivity index (χ0n) is 11.1. The molecule has 1 aromatic rings. The van der Waals surface area contributed by atoms with Crippen molar-refractivity contribution >= 4 is 15.9 Å². The number of halogens is 2. The minimum Gasteiger partial charge on any atom is -0.316 e. The summed E-state index contributed by atoms with van der Waals surface area (Å²) in [7, 11) is 0. The minimum absolute atomic E-state index is 0.179. The van der Waals surface area contributed by atoms with Gasteiger partial charge in [-0.3, -0.25) is 0 Å². The molecule has 3 heteroatoms. The van der Waals surface area contributed by atoms with Crippen molar-refractivity contribution in [3.8, 4) is 0 Å². The molecule has 0 amide bonds. The molecule has 1 N–H and O–H groups in total. The fourth-order valence-corrected chi connectivity index (χ4v) is 2.73. The Bertz CT molecular complexity index is 413. The first-order chi connectivity index (χ1) is 8.51. The Kier molecular flexibility index (Phi) is 4.44. The Balaban J connectivity index is 1.90. The number of benzene rings is 1. The van der Waals surface area contributed by atoms with Gasteiger partial charge in [-0.25, -0.2) is 4.39 Å². The number of nitrogens with one attached hydrogen (secondary N) is 1.